The van der Waals surface area contributed by atoms with Gasteiger partial charge in [0.25, 0.3) is 0 Å². The first-order chi connectivity index (χ1) is 11.5. The zero-order valence-electron chi connectivity index (χ0n) is 14.7. The molecule has 2 aromatic heterocycles. The highest BCUT2D eigenvalue weighted by atomic mass is 16.5. The number of carbonyl (C=O) groups excluding carboxylic acids is 1. The van der Waals surface area contributed by atoms with Gasteiger partial charge in [0.05, 0.1) is 17.0 Å². The number of aromatic nitrogens is 3. The average Bonchev–Trinajstić information content (AvgIpc) is 3.00. The van der Waals surface area contributed by atoms with Crippen molar-refractivity contribution in [2.24, 2.45) is 5.92 Å². The smallest absolute Gasteiger partial charge is 0.225 e. The van der Waals surface area contributed by atoms with Crippen LogP contribution in [0.25, 0.3) is 11.3 Å². The van der Waals surface area contributed by atoms with Gasteiger partial charge in [-0.15, -0.1) is 0 Å². The predicted molar refractivity (Wildman–Crippen MR) is 90.4 cm³/mol. The minimum absolute atomic E-state index is 0.0206. The Kier molecular flexibility index (Phi) is 4.64. The molecule has 0 spiro atoms. The van der Waals surface area contributed by atoms with Crippen molar-refractivity contribution in [2.45, 2.75) is 46.5 Å². The summed E-state index contributed by atoms with van der Waals surface area (Å²) in [4.78, 5) is 23.3. The zero-order chi connectivity index (χ0) is 17.3. The fourth-order valence-corrected chi connectivity index (χ4v) is 3.24. The third-order valence-corrected chi connectivity index (χ3v) is 4.45. The second-order valence-electron chi connectivity index (χ2n) is 6.83. The van der Waals surface area contributed by atoms with E-state index in [1.54, 1.807) is 6.20 Å². The molecule has 1 fully saturated rings. The molecule has 0 aliphatic carbocycles. The van der Waals surface area contributed by atoms with E-state index in [0.29, 0.717) is 12.3 Å². The second kappa shape index (κ2) is 6.71. The van der Waals surface area contributed by atoms with Crippen molar-refractivity contribution in [1.29, 1.82) is 0 Å². The first kappa shape index (κ1) is 16.6. The van der Waals surface area contributed by atoms with Crippen LogP contribution >= 0.6 is 0 Å². The van der Waals surface area contributed by atoms with Crippen LogP contribution in [0.3, 0.4) is 0 Å². The van der Waals surface area contributed by atoms with Gasteiger partial charge < -0.3 is 9.42 Å². The van der Waals surface area contributed by atoms with Crippen LogP contribution in [-0.4, -0.2) is 39.0 Å². The highest BCUT2D eigenvalue weighted by Crippen LogP contribution is 2.33. The summed E-state index contributed by atoms with van der Waals surface area (Å²) in [6, 6.07) is 1.90. The Morgan fingerprint density at radius 2 is 2.17 bits per heavy atom. The number of aryl methyl sites for hydroxylation is 2. The highest BCUT2D eigenvalue weighted by molar-refractivity contribution is 5.78. The molecule has 0 bridgehead atoms. The van der Waals surface area contributed by atoms with E-state index in [1.807, 2.05) is 38.7 Å². The summed E-state index contributed by atoms with van der Waals surface area (Å²) in [5, 5.41) is 3.97. The SMILES string of the molecule is Cc1cc(-c2cnc(C)nc2[C@@H]2CCCN(C(=O)C(C)C)C2)on1. The number of hydrogen-bond acceptors (Lipinski definition) is 5. The van der Waals surface area contributed by atoms with Crippen LogP contribution in [0.1, 0.15) is 49.8 Å². The van der Waals surface area contributed by atoms with E-state index in [0.717, 1.165) is 42.2 Å². The number of piperidine rings is 1. The summed E-state index contributed by atoms with van der Waals surface area (Å²) >= 11 is 0. The van der Waals surface area contributed by atoms with Crippen molar-refractivity contribution >= 4 is 5.91 Å². The molecular formula is C18H24N4O2. The Balaban J connectivity index is 1.93. The average molecular weight is 328 g/mol. The molecule has 1 aliphatic rings. The van der Waals surface area contributed by atoms with Crippen LogP contribution in [-0.2, 0) is 4.79 Å². The maximum absolute atomic E-state index is 12.4. The van der Waals surface area contributed by atoms with Gasteiger partial charge in [0.2, 0.25) is 5.91 Å². The lowest BCUT2D eigenvalue weighted by atomic mass is 9.90. The molecule has 3 rings (SSSR count). The molecule has 24 heavy (non-hydrogen) atoms. The predicted octanol–water partition coefficient (Wildman–Crippen LogP) is 3.11. The van der Waals surface area contributed by atoms with Gasteiger partial charge in [0.1, 0.15) is 5.82 Å². The van der Waals surface area contributed by atoms with Crippen molar-refractivity contribution < 1.29 is 9.32 Å². The lowest BCUT2D eigenvalue weighted by Crippen LogP contribution is -2.41. The van der Waals surface area contributed by atoms with Gasteiger partial charge in [0.15, 0.2) is 5.76 Å². The molecule has 0 unspecified atom stereocenters. The topological polar surface area (TPSA) is 72.1 Å². The molecule has 1 saturated heterocycles. The quantitative estimate of drug-likeness (QED) is 0.865. The van der Waals surface area contributed by atoms with Gasteiger partial charge >= 0.3 is 0 Å². The van der Waals surface area contributed by atoms with Crippen molar-refractivity contribution in [2.75, 3.05) is 13.1 Å². The summed E-state index contributed by atoms with van der Waals surface area (Å²) in [6.07, 6.45) is 3.81. The van der Waals surface area contributed by atoms with Gasteiger partial charge in [-0.3, -0.25) is 4.79 Å². The molecule has 6 nitrogen and oxygen atoms in total. The van der Waals surface area contributed by atoms with Gasteiger partial charge in [-0.1, -0.05) is 19.0 Å². The summed E-state index contributed by atoms with van der Waals surface area (Å²) in [5.74, 6) is 1.85. The summed E-state index contributed by atoms with van der Waals surface area (Å²) < 4.78 is 5.42. The summed E-state index contributed by atoms with van der Waals surface area (Å²) in [7, 11) is 0. The maximum Gasteiger partial charge on any atom is 0.225 e. The van der Waals surface area contributed by atoms with Gasteiger partial charge in [-0.2, -0.15) is 0 Å². The maximum atomic E-state index is 12.4. The largest absolute Gasteiger partial charge is 0.356 e. The fraction of sp³-hybridized carbons (Fsp3) is 0.556. The molecule has 0 radical (unpaired) electrons. The summed E-state index contributed by atoms with van der Waals surface area (Å²) in [6.45, 7) is 9.21. The molecule has 1 amide bonds. The first-order valence-corrected chi connectivity index (χ1v) is 8.51. The lowest BCUT2D eigenvalue weighted by molar-refractivity contribution is -0.135. The Hall–Kier alpha value is -2.24. The molecule has 1 aliphatic heterocycles. The Morgan fingerprint density at radius 3 is 2.83 bits per heavy atom. The van der Waals surface area contributed by atoms with E-state index >= 15 is 0 Å². The lowest BCUT2D eigenvalue weighted by Gasteiger charge is -2.34. The number of hydrogen-bond donors (Lipinski definition) is 0. The van der Waals surface area contributed by atoms with E-state index in [-0.39, 0.29) is 17.7 Å². The van der Waals surface area contributed by atoms with Gasteiger partial charge in [-0.05, 0) is 26.7 Å². The van der Waals surface area contributed by atoms with Crippen LogP contribution in [0.4, 0.5) is 0 Å². The van der Waals surface area contributed by atoms with Crippen LogP contribution in [0.5, 0.6) is 0 Å². The van der Waals surface area contributed by atoms with Crippen LogP contribution in [0.15, 0.2) is 16.8 Å². The zero-order valence-corrected chi connectivity index (χ0v) is 14.7. The Bertz CT molecular complexity index is 738. The van der Waals surface area contributed by atoms with Gasteiger partial charge in [-0.25, -0.2) is 9.97 Å². The van der Waals surface area contributed by atoms with Crippen molar-refractivity contribution in [1.82, 2.24) is 20.0 Å². The van der Waals surface area contributed by atoms with Crippen molar-refractivity contribution in [3.63, 3.8) is 0 Å². The highest BCUT2D eigenvalue weighted by Gasteiger charge is 2.29. The van der Waals surface area contributed by atoms with E-state index < -0.39 is 0 Å². The monoisotopic (exact) mass is 328 g/mol. The number of rotatable bonds is 3. The van der Waals surface area contributed by atoms with Crippen LogP contribution < -0.4 is 0 Å². The fourth-order valence-electron chi connectivity index (χ4n) is 3.24. The molecule has 0 aromatic carbocycles. The van der Waals surface area contributed by atoms with E-state index in [2.05, 4.69) is 15.1 Å². The Labute approximate surface area is 142 Å². The summed E-state index contributed by atoms with van der Waals surface area (Å²) in [5.41, 5.74) is 2.67. The second-order valence-corrected chi connectivity index (χ2v) is 6.83. The standard InChI is InChI=1S/C18H24N4O2/c1-11(2)18(23)22-7-5-6-14(10-22)17-15(9-19-13(4)20-17)16-8-12(3)21-24-16/h8-9,11,14H,5-7,10H2,1-4H3/t14-/m1/s1. The number of carbonyl (C=O) groups is 1. The number of likely N-dealkylation sites (tertiary alicyclic amines) is 1. The molecule has 2 aromatic rings. The third kappa shape index (κ3) is 3.32. The van der Waals surface area contributed by atoms with E-state index in [9.17, 15) is 4.79 Å². The molecule has 0 saturated carbocycles. The molecule has 3 heterocycles. The third-order valence-electron chi connectivity index (χ3n) is 4.45. The molecular weight excluding hydrogens is 304 g/mol. The van der Waals surface area contributed by atoms with Crippen molar-refractivity contribution in [3.8, 4) is 11.3 Å². The number of nitrogens with zero attached hydrogens (tertiary/aromatic N) is 4. The normalized spacial score (nSPS) is 18.2. The minimum atomic E-state index is 0.0206. The molecule has 1 atom stereocenters. The molecule has 128 valence electrons. The number of amides is 1. The van der Waals surface area contributed by atoms with E-state index in [1.165, 1.54) is 0 Å². The van der Waals surface area contributed by atoms with Crippen LogP contribution in [0, 0.1) is 19.8 Å². The van der Waals surface area contributed by atoms with Gasteiger partial charge in [0, 0.05) is 37.2 Å². The molecule has 6 heteroatoms. The van der Waals surface area contributed by atoms with Crippen molar-refractivity contribution in [3.05, 3.63) is 29.5 Å². The minimum Gasteiger partial charge on any atom is -0.356 e. The van der Waals surface area contributed by atoms with Crippen LogP contribution in [0.2, 0.25) is 0 Å². The first-order valence-electron chi connectivity index (χ1n) is 8.51. The van der Waals surface area contributed by atoms with E-state index in [4.69, 9.17) is 4.52 Å². The molecule has 0 N–H and O–H groups in total. The Morgan fingerprint density at radius 1 is 1.38 bits per heavy atom.